The Morgan fingerprint density at radius 1 is 1.32 bits per heavy atom. The lowest BCUT2D eigenvalue weighted by Crippen LogP contribution is -2.34. The van der Waals surface area contributed by atoms with Crippen molar-refractivity contribution in [3.8, 4) is 5.75 Å². The van der Waals surface area contributed by atoms with E-state index < -0.39 is 17.7 Å². The Morgan fingerprint density at radius 3 is 2.68 bits per heavy atom. The Labute approximate surface area is 150 Å². The van der Waals surface area contributed by atoms with E-state index in [0.29, 0.717) is 21.7 Å². The van der Waals surface area contributed by atoms with Gasteiger partial charge in [-0.15, -0.1) is 0 Å². The van der Waals surface area contributed by atoms with Crippen molar-refractivity contribution in [2.45, 2.75) is 26.4 Å². The number of rotatable bonds is 5. The van der Waals surface area contributed by atoms with Gasteiger partial charge in [0.2, 0.25) is 0 Å². The van der Waals surface area contributed by atoms with E-state index in [-0.39, 0.29) is 18.7 Å². The molecule has 0 saturated heterocycles. The number of carbonyl (C=O) groups is 2. The normalized spacial score (nSPS) is 11.2. The van der Waals surface area contributed by atoms with Gasteiger partial charge in [-0.2, -0.15) is 0 Å². The van der Waals surface area contributed by atoms with Crippen molar-refractivity contribution in [3.05, 3.63) is 28.9 Å². The number of carbonyl (C=O) groups excluding carboxylic acids is 2. The first-order valence-electron chi connectivity index (χ1n) is 7.70. The topological polar surface area (TPSA) is 89.7 Å². The van der Waals surface area contributed by atoms with Crippen molar-refractivity contribution in [2.75, 3.05) is 20.3 Å². The maximum Gasteiger partial charge on any atom is 0.407 e. The van der Waals surface area contributed by atoms with E-state index in [1.54, 1.807) is 33.0 Å². The van der Waals surface area contributed by atoms with Crippen LogP contribution in [0, 0.1) is 0 Å². The molecule has 1 aromatic heterocycles. The van der Waals surface area contributed by atoms with E-state index >= 15 is 0 Å². The first-order valence-corrected chi connectivity index (χ1v) is 8.08. The second-order valence-corrected chi connectivity index (χ2v) is 6.65. The van der Waals surface area contributed by atoms with Gasteiger partial charge in [0.15, 0.2) is 0 Å². The molecule has 0 aliphatic carbocycles. The fraction of sp³-hybridized carbons (Fsp3) is 0.412. The number of amides is 1. The zero-order valence-electron chi connectivity index (χ0n) is 14.6. The molecule has 1 amide bonds. The Bertz CT molecular complexity index is 779. The number of H-pyrrole nitrogens is 1. The lowest BCUT2D eigenvalue weighted by atomic mass is 10.1. The van der Waals surface area contributed by atoms with Gasteiger partial charge >= 0.3 is 12.1 Å². The minimum atomic E-state index is -0.563. The van der Waals surface area contributed by atoms with Crippen LogP contribution in [-0.2, 0) is 9.47 Å². The lowest BCUT2D eigenvalue weighted by Gasteiger charge is -2.19. The molecule has 0 spiro atoms. The zero-order valence-corrected chi connectivity index (χ0v) is 15.3. The van der Waals surface area contributed by atoms with Crippen LogP contribution >= 0.6 is 11.6 Å². The van der Waals surface area contributed by atoms with Crippen molar-refractivity contribution in [1.29, 1.82) is 0 Å². The predicted octanol–water partition coefficient (Wildman–Crippen LogP) is 3.51. The first kappa shape index (κ1) is 18.9. The van der Waals surface area contributed by atoms with Crippen molar-refractivity contribution >= 4 is 34.6 Å². The van der Waals surface area contributed by atoms with E-state index in [1.165, 1.54) is 13.2 Å². The molecule has 1 heterocycles. The van der Waals surface area contributed by atoms with Crippen LogP contribution in [0.1, 0.15) is 31.1 Å². The number of hydrogen-bond donors (Lipinski definition) is 2. The molecule has 0 aliphatic heterocycles. The number of aromatic amines is 1. The van der Waals surface area contributed by atoms with Gasteiger partial charge in [0, 0.05) is 11.6 Å². The standard InChI is InChI=1S/C17H21ClN2O5/c1-17(2,3)25-16(22)20-7-8-24-12-9-11(15(21)23-4)13(18)10-5-6-19-14(10)12/h5-6,9,19H,7-8H2,1-4H3,(H,20,22). The molecular formula is C17H21ClN2O5. The third-order valence-electron chi connectivity index (χ3n) is 3.17. The van der Waals surface area contributed by atoms with Crippen LogP contribution in [0.25, 0.3) is 10.9 Å². The number of halogens is 1. The molecule has 0 fully saturated rings. The smallest absolute Gasteiger partial charge is 0.407 e. The minimum absolute atomic E-state index is 0.190. The molecule has 0 unspecified atom stereocenters. The maximum atomic E-state index is 11.9. The molecule has 0 radical (unpaired) electrons. The van der Waals surface area contributed by atoms with Crippen molar-refractivity contribution in [3.63, 3.8) is 0 Å². The zero-order chi connectivity index (χ0) is 18.6. The molecule has 0 aliphatic rings. The summed E-state index contributed by atoms with van der Waals surface area (Å²) in [6, 6.07) is 3.26. The summed E-state index contributed by atoms with van der Waals surface area (Å²) < 4.78 is 15.6. The summed E-state index contributed by atoms with van der Waals surface area (Å²) in [6.07, 6.45) is 1.18. The molecule has 0 saturated carbocycles. The summed E-state index contributed by atoms with van der Waals surface area (Å²) in [5.74, 6) is -0.111. The number of alkyl carbamates (subject to hydrolysis) is 1. The molecule has 136 valence electrons. The highest BCUT2D eigenvalue weighted by Gasteiger charge is 2.19. The van der Waals surface area contributed by atoms with Gasteiger partial charge in [-0.1, -0.05) is 11.6 Å². The van der Waals surface area contributed by atoms with Crippen LogP contribution in [-0.4, -0.2) is 42.9 Å². The SMILES string of the molecule is COC(=O)c1cc(OCCNC(=O)OC(C)(C)C)c2[nH]ccc2c1Cl. The Balaban J connectivity index is 2.06. The molecule has 2 N–H and O–H groups in total. The minimum Gasteiger partial charge on any atom is -0.490 e. The summed E-state index contributed by atoms with van der Waals surface area (Å²) in [7, 11) is 1.28. The third kappa shape index (κ3) is 4.79. The number of hydrogen-bond acceptors (Lipinski definition) is 5. The molecule has 2 aromatic rings. The Morgan fingerprint density at radius 2 is 2.04 bits per heavy atom. The summed E-state index contributed by atoms with van der Waals surface area (Å²) in [5, 5.41) is 3.54. The molecular weight excluding hydrogens is 348 g/mol. The van der Waals surface area contributed by atoms with Crippen molar-refractivity contribution < 1.29 is 23.8 Å². The van der Waals surface area contributed by atoms with Gasteiger partial charge in [-0.05, 0) is 32.9 Å². The quantitative estimate of drug-likeness (QED) is 0.622. The van der Waals surface area contributed by atoms with Gasteiger partial charge in [0.05, 0.1) is 29.8 Å². The highest BCUT2D eigenvalue weighted by Crippen LogP contribution is 2.34. The fourth-order valence-electron chi connectivity index (χ4n) is 2.17. The van der Waals surface area contributed by atoms with Crippen LogP contribution in [0.5, 0.6) is 5.75 Å². The highest BCUT2D eigenvalue weighted by molar-refractivity contribution is 6.38. The number of methoxy groups -OCH3 is 1. The number of fused-ring (bicyclic) bond motifs is 1. The Kier molecular flexibility index (Phi) is 5.79. The number of aromatic nitrogens is 1. The lowest BCUT2D eigenvalue weighted by molar-refractivity contribution is 0.0519. The maximum absolute atomic E-state index is 11.9. The van der Waals surface area contributed by atoms with E-state index in [0.717, 1.165) is 0 Å². The van der Waals surface area contributed by atoms with E-state index in [2.05, 4.69) is 10.3 Å². The summed E-state index contributed by atoms with van der Waals surface area (Å²) in [6.45, 7) is 5.79. The number of benzene rings is 1. The molecule has 0 bridgehead atoms. The molecule has 8 heteroatoms. The molecule has 0 atom stereocenters. The highest BCUT2D eigenvalue weighted by atomic mass is 35.5. The number of ether oxygens (including phenoxy) is 3. The van der Waals surface area contributed by atoms with Gasteiger partial charge in [0.1, 0.15) is 18.0 Å². The predicted molar refractivity (Wildman–Crippen MR) is 94.4 cm³/mol. The average Bonchev–Trinajstić information content (AvgIpc) is 3.01. The van der Waals surface area contributed by atoms with Gasteiger partial charge in [-0.25, -0.2) is 9.59 Å². The van der Waals surface area contributed by atoms with Gasteiger partial charge < -0.3 is 24.5 Å². The van der Waals surface area contributed by atoms with E-state index in [4.69, 9.17) is 25.8 Å². The number of nitrogens with one attached hydrogen (secondary N) is 2. The van der Waals surface area contributed by atoms with Gasteiger partial charge in [0.25, 0.3) is 0 Å². The fourth-order valence-corrected chi connectivity index (χ4v) is 2.46. The van der Waals surface area contributed by atoms with Crippen LogP contribution in [0.2, 0.25) is 5.02 Å². The van der Waals surface area contributed by atoms with Crippen LogP contribution in [0.3, 0.4) is 0 Å². The monoisotopic (exact) mass is 368 g/mol. The molecule has 7 nitrogen and oxygen atoms in total. The average molecular weight is 369 g/mol. The third-order valence-corrected chi connectivity index (χ3v) is 3.58. The Hall–Kier alpha value is -2.41. The first-order chi connectivity index (χ1) is 11.7. The van der Waals surface area contributed by atoms with Gasteiger partial charge in [-0.3, -0.25) is 0 Å². The van der Waals surface area contributed by atoms with Crippen LogP contribution in [0.15, 0.2) is 18.3 Å². The molecule has 2 rings (SSSR count). The molecule has 25 heavy (non-hydrogen) atoms. The summed E-state index contributed by atoms with van der Waals surface area (Å²) in [5.41, 5.74) is 0.314. The second kappa shape index (κ2) is 7.65. The van der Waals surface area contributed by atoms with Crippen LogP contribution in [0.4, 0.5) is 4.79 Å². The molecule has 1 aromatic carbocycles. The van der Waals surface area contributed by atoms with Crippen LogP contribution < -0.4 is 10.1 Å². The number of esters is 1. The largest absolute Gasteiger partial charge is 0.490 e. The van der Waals surface area contributed by atoms with E-state index in [9.17, 15) is 9.59 Å². The summed E-state index contributed by atoms with van der Waals surface area (Å²) >= 11 is 6.24. The van der Waals surface area contributed by atoms with Crippen molar-refractivity contribution in [1.82, 2.24) is 10.3 Å². The second-order valence-electron chi connectivity index (χ2n) is 6.27. The summed E-state index contributed by atoms with van der Waals surface area (Å²) in [4.78, 5) is 26.5. The van der Waals surface area contributed by atoms with Crippen molar-refractivity contribution in [2.24, 2.45) is 0 Å². The van der Waals surface area contributed by atoms with E-state index in [1.807, 2.05) is 0 Å².